The van der Waals surface area contributed by atoms with E-state index in [0.29, 0.717) is 30.5 Å². The molecule has 0 saturated carbocycles. The van der Waals surface area contributed by atoms with Crippen LogP contribution in [0.1, 0.15) is 51.4 Å². The Morgan fingerprint density at radius 1 is 0.981 bits per heavy atom. The number of phosphoric acid groups is 3. The van der Waals surface area contributed by atoms with Gasteiger partial charge in [0.15, 0.2) is 18.2 Å². The van der Waals surface area contributed by atoms with Crippen molar-refractivity contribution in [2.75, 3.05) is 25.4 Å². The molecule has 24 nitrogen and oxygen atoms in total. The Bertz CT molecular complexity index is 1610. The number of urea groups is 1. The van der Waals surface area contributed by atoms with Gasteiger partial charge in [0.1, 0.15) is 30.3 Å². The Balaban J connectivity index is 0.984. The summed E-state index contributed by atoms with van der Waals surface area (Å²) in [6.07, 6.45) is 2.18. The van der Waals surface area contributed by atoms with Crippen molar-refractivity contribution in [1.29, 1.82) is 0 Å². The van der Waals surface area contributed by atoms with E-state index in [0.717, 1.165) is 50.7 Å². The minimum absolute atomic E-state index is 0.0230. The summed E-state index contributed by atoms with van der Waals surface area (Å²) in [7, 11) is -16.9. The number of rotatable bonds is 21. The molecule has 10 atom stereocenters. The highest BCUT2D eigenvalue weighted by Crippen LogP contribution is 2.66. The SMILES string of the molecule is NC1=C2N=CN([C@@H]3O[C@H](COP(=O)(O)OP(=O)(O)OP(=O)(O)O)[C@@H](O)[C@H]3O)C2N(NCCCCCCNC(=O)CCCC[C@@H]2SC[C@@H]3NC(=O)N[C@@H]32)C=N1. The van der Waals surface area contributed by atoms with Crippen molar-refractivity contribution in [3.05, 3.63) is 11.5 Å². The van der Waals surface area contributed by atoms with Gasteiger partial charge in [-0.3, -0.25) is 14.3 Å². The molecule has 5 rings (SSSR count). The van der Waals surface area contributed by atoms with Crippen LogP contribution in [0.4, 0.5) is 4.79 Å². The Kier molecular flexibility index (Phi) is 14.6. The number of carbonyl (C=O) groups is 2. The van der Waals surface area contributed by atoms with Crippen LogP contribution < -0.4 is 27.1 Å². The first-order valence-corrected chi connectivity index (χ1v) is 22.6. The highest BCUT2D eigenvalue weighted by Gasteiger charge is 2.51. The third-order valence-corrected chi connectivity index (χ3v) is 14.3. The number of nitrogens with zero attached hydrogens (tertiary/aromatic N) is 4. The second-order valence-corrected chi connectivity index (χ2v) is 18.7. The maximum absolute atomic E-state index is 12.3. The lowest BCUT2D eigenvalue weighted by Gasteiger charge is -2.39. The molecule has 5 aliphatic heterocycles. The predicted molar refractivity (Wildman–Crippen MR) is 190 cm³/mol. The lowest BCUT2D eigenvalue weighted by atomic mass is 10.0. The van der Waals surface area contributed by atoms with Gasteiger partial charge in [0.05, 0.1) is 25.0 Å². The molecule has 0 aliphatic carbocycles. The van der Waals surface area contributed by atoms with Crippen LogP contribution in [-0.2, 0) is 36.4 Å². The number of phosphoric ester groups is 1. The molecule has 28 heteroatoms. The topological polar surface area (TPSA) is 349 Å². The first-order chi connectivity index (χ1) is 25.4. The van der Waals surface area contributed by atoms with Crippen molar-refractivity contribution in [1.82, 2.24) is 31.3 Å². The highest BCUT2D eigenvalue weighted by atomic mass is 32.2. The number of aliphatic imine (C=N–C) groups is 2. The van der Waals surface area contributed by atoms with Crippen LogP contribution in [0.3, 0.4) is 0 Å². The Morgan fingerprint density at radius 2 is 1.72 bits per heavy atom. The van der Waals surface area contributed by atoms with E-state index < -0.39 is 60.8 Å². The summed E-state index contributed by atoms with van der Waals surface area (Å²) in [5.74, 6) is 1.02. The molecule has 5 heterocycles. The molecule has 3 unspecified atom stereocenters. The van der Waals surface area contributed by atoms with Gasteiger partial charge in [0.2, 0.25) is 5.91 Å². The standard InChI is InChI=1S/C26H46N9O15P3S/c27-23-20-24(34(13-29-20)25-22(38)21(37)16(48-25)11-47-52(43,44)50-53(45,46)49-51(40,41)42)35(14-30-23)31-10-6-2-1-5-9-28-18(36)8-4-3-7-17-19-15(12-54-17)32-26(39)33-19/h13-17,19,21-22,24-25,31,37-38H,1-12,27H2,(H,28,36)(H,43,44)(H,45,46)(H2,32,33,39)(H2,40,41,42)/t15-,16+,17-,19-,21+,22+,24?,25+/m0/s1. The third-order valence-electron chi connectivity index (χ3n) is 8.95. The van der Waals surface area contributed by atoms with Crippen LogP contribution in [0.25, 0.3) is 0 Å². The van der Waals surface area contributed by atoms with Crippen LogP contribution in [0.15, 0.2) is 21.5 Å². The molecule has 306 valence electrons. The van der Waals surface area contributed by atoms with E-state index in [9.17, 15) is 43.3 Å². The van der Waals surface area contributed by atoms with Gasteiger partial charge in [-0.2, -0.15) is 20.4 Å². The monoisotopic (exact) mass is 849 g/mol. The molecule has 0 aromatic rings. The number of aliphatic hydroxyl groups excluding tert-OH is 2. The largest absolute Gasteiger partial charge is 0.490 e. The minimum atomic E-state index is -5.76. The molecule has 5 aliphatic rings. The van der Waals surface area contributed by atoms with Crippen LogP contribution in [0, 0.1) is 0 Å². The summed E-state index contributed by atoms with van der Waals surface area (Å²) < 4.78 is 52.2. The van der Waals surface area contributed by atoms with Gasteiger partial charge in [-0.25, -0.2) is 33.9 Å². The second-order valence-electron chi connectivity index (χ2n) is 13.0. The number of carbonyl (C=O) groups excluding carboxylic acids is 2. The zero-order chi connectivity index (χ0) is 39.3. The molecule has 12 N–H and O–H groups in total. The van der Waals surface area contributed by atoms with E-state index in [1.807, 2.05) is 11.8 Å². The number of hydrogen-bond donors (Lipinski definition) is 11. The fourth-order valence-electron chi connectivity index (χ4n) is 6.45. The van der Waals surface area contributed by atoms with Crippen molar-refractivity contribution < 1.29 is 71.0 Å². The number of ether oxygens (including phenoxy) is 1. The van der Waals surface area contributed by atoms with E-state index in [1.165, 1.54) is 17.6 Å². The number of nitrogens with one attached hydrogen (secondary N) is 4. The summed E-state index contributed by atoms with van der Waals surface area (Å²) in [5, 5.41) is 32.2. The van der Waals surface area contributed by atoms with Crippen molar-refractivity contribution in [3.8, 4) is 0 Å². The Labute approximate surface area is 313 Å². The maximum Gasteiger partial charge on any atom is 0.490 e. The number of amides is 3. The lowest BCUT2D eigenvalue weighted by Crippen LogP contribution is -2.58. The fraction of sp³-hybridized carbons (Fsp3) is 0.769. The smallest absolute Gasteiger partial charge is 0.387 e. The molecule has 0 radical (unpaired) electrons. The van der Waals surface area contributed by atoms with Gasteiger partial charge < -0.3 is 61.1 Å². The number of aliphatic hydroxyl groups is 2. The zero-order valence-electron chi connectivity index (χ0n) is 28.7. The molecule has 0 aromatic carbocycles. The van der Waals surface area contributed by atoms with Gasteiger partial charge in [-0.1, -0.05) is 19.3 Å². The van der Waals surface area contributed by atoms with Crippen LogP contribution >= 0.6 is 35.2 Å². The first kappa shape index (κ1) is 43.0. The molecule has 3 saturated heterocycles. The summed E-state index contributed by atoms with van der Waals surface area (Å²) in [4.78, 5) is 70.1. The zero-order valence-corrected chi connectivity index (χ0v) is 32.2. The molecule has 54 heavy (non-hydrogen) atoms. The average molecular weight is 850 g/mol. The van der Waals surface area contributed by atoms with Crippen molar-refractivity contribution >= 4 is 59.8 Å². The third kappa shape index (κ3) is 11.7. The van der Waals surface area contributed by atoms with E-state index in [1.54, 1.807) is 5.01 Å². The van der Waals surface area contributed by atoms with Gasteiger partial charge in [0.25, 0.3) is 0 Å². The first-order valence-electron chi connectivity index (χ1n) is 17.1. The second kappa shape index (κ2) is 18.4. The summed E-state index contributed by atoms with van der Waals surface area (Å²) in [5.41, 5.74) is 9.54. The van der Waals surface area contributed by atoms with Crippen LogP contribution in [0.5, 0.6) is 0 Å². The average Bonchev–Trinajstić information content (AvgIpc) is 3.83. The van der Waals surface area contributed by atoms with Gasteiger partial charge in [0, 0.05) is 30.5 Å². The van der Waals surface area contributed by atoms with E-state index >= 15 is 0 Å². The normalized spacial score (nSPS) is 31.3. The number of hydrazine groups is 1. The highest BCUT2D eigenvalue weighted by molar-refractivity contribution is 8.00. The van der Waals surface area contributed by atoms with Crippen molar-refractivity contribution in [3.63, 3.8) is 0 Å². The molecule has 3 fully saturated rings. The Morgan fingerprint density at radius 3 is 2.46 bits per heavy atom. The molecule has 0 bridgehead atoms. The van der Waals surface area contributed by atoms with E-state index in [2.05, 4.69) is 44.5 Å². The van der Waals surface area contributed by atoms with Crippen molar-refractivity contribution in [2.24, 2.45) is 15.7 Å². The van der Waals surface area contributed by atoms with Gasteiger partial charge in [-0.15, -0.1) is 0 Å². The van der Waals surface area contributed by atoms with Crippen LogP contribution in [-0.4, -0.2) is 138 Å². The lowest BCUT2D eigenvalue weighted by molar-refractivity contribution is -0.121. The number of unbranched alkanes of at least 4 members (excludes halogenated alkanes) is 4. The summed E-state index contributed by atoms with van der Waals surface area (Å²) >= 11 is 1.86. The summed E-state index contributed by atoms with van der Waals surface area (Å²) in [6.45, 7) is 0.0913. The Hall–Kier alpha value is -2.18. The number of fused-ring (bicyclic) bond motifs is 2. The molecular formula is C26H46N9O15P3S. The van der Waals surface area contributed by atoms with Gasteiger partial charge >= 0.3 is 29.5 Å². The molecule has 0 spiro atoms. The van der Waals surface area contributed by atoms with E-state index in [4.69, 9.17) is 20.3 Å². The molecular weight excluding hydrogens is 803 g/mol. The molecule has 3 amide bonds. The molecule has 0 aromatic heterocycles. The predicted octanol–water partition coefficient (Wildman–Crippen LogP) is -1.17. The van der Waals surface area contributed by atoms with Crippen molar-refractivity contribution in [2.45, 2.75) is 99.4 Å². The minimum Gasteiger partial charge on any atom is -0.387 e. The van der Waals surface area contributed by atoms with E-state index in [-0.39, 0.29) is 29.8 Å². The van der Waals surface area contributed by atoms with Crippen LogP contribution in [0.2, 0.25) is 0 Å². The fourth-order valence-corrected chi connectivity index (χ4v) is 11.0. The number of thioether (sulfide) groups is 1. The number of hydrogen-bond acceptors (Lipinski definition) is 18. The van der Waals surface area contributed by atoms with Gasteiger partial charge in [-0.05, 0) is 25.7 Å². The quantitative estimate of drug-likeness (QED) is 0.0368. The maximum atomic E-state index is 12.3. The summed E-state index contributed by atoms with van der Waals surface area (Å²) in [6, 6.07) is 0.266. The number of nitrogens with two attached hydrogens (primary N) is 1.